The van der Waals surface area contributed by atoms with Crippen molar-refractivity contribution in [2.75, 3.05) is 0 Å². The lowest BCUT2D eigenvalue weighted by molar-refractivity contribution is -0.150. The Morgan fingerprint density at radius 3 is 1.31 bits per heavy atom. The minimum Gasteiger partial charge on any atom is -0.481 e. The van der Waals surface area contributed by atoms with Gasteiger partial charge in [0, 0.05) is 5.41 Å². The Morgan fingerprint density at radius 1 is 0.578 bits per heavy atom. The molecule has 0 spiro atoms. The summed E-state index contributed by atoms with van der Waals surface area (Å²) in [4.78, 5) is 27.6. The molecular weight excluding hydrogens is 556 g/mol. The molecule has 3 aliphatic carbocycles. The molecule has 3 aliphatic rings. The van der Waals surface area contributed by atoms with E-state index in [1.807, 2.05) is 60.7 Å². The Balaban J connectivity index is 1.53. The second kappa shape index (κ2) is 12.3. The third kappa shape index (κ3) is 5.28. The van der Waals surface area contributed by atoms with Crippen LogP contribution in [0, 0.1) is 11.8 Å². The van der Waals surface area contributed by atoms with Gasteiger partial charge in [0.25, 0.3) is 0 Å². The van der Waals surface area contributed by atoms with E-state index in [-0.39, 0.29) is 12.8 Å². The Kier molecular flexibility index (Phi) is 8.08. The summed E-state index contributed by atoms with van der Waals surface area (Å²) in [7, 11) is 0. The summed E-state index contributed by atoms with van der Waals surface area (Å²) in [6, 6.07) is 32.7. The molecule has 2 saturated carbocycles. The van der Waals surface area contributed by atoms with E-state index < -0.39 is 29.2 Å². The van der Waals surface area contributed by atoms with Gasteiger partial charge in [0.05, 0.1) is 11.8 Å². The molecule has 0 aliphatic heterocycles. The van der Waals surface area contributed by atoms with Gasteiger partial charge in [0.2, 0.25) is 0 Å². The molecule has 2 fully saturated rings. The first kappa shape index (κ1) is 29.5. The Morgan fingerprint density at radius 2 is 0.956 bits per heavy atom. The van der Waals surface area contributed by atoms with E-state index in [2.05, 4.69) is 36.4 Å². The first-order valence-corrected chi connectivity index (χ1v) is 16.8. The highest BCUT2D eigenvalue weighted by molar-refractivity contribution is 5.90. The molecule has 4 nitrogen and oxygen atoms in total. The summed E-state index contributed by atoms with van der Waals surface area (Å²) in [5.41, 5.74) is 6.72. The van der Waals surface area contributed by atoms with Gasteiger partial charge in [-0.2, -0.15) is 0 Å². The Hall–Kier alpha value is -4.18. The predicted octanol–water partition coefficient (Wildman–Crippen LogP) is 9.16. The zero-order chi connectivity index (χ0) is 31.0. The third-order valence-corrected chi connectivity index (χ3v) is 11.2. The number of carboxylic acid groups (broad SMARTS) is 2. The van der Waals surface area contributed by atoms with Crippen LogP contribution < -0.4 is 0 Å². The average Bonchev–Trinajstić information content (AvgIpc) is 3.84. The highest BCUT2D eigenvalue weighted by Crippen LogP contribution is 2.59. The van der Waals surface area contributed by atoms with Gasteiger partial charge < -0.3 is 10.2 Å². The number of aliphatic carboxylic acids is 2. The van der Waals surface area contributed by atoms with Gasteiger partial charge in [-0.1, -0.05) is 123 Å². The van der Waals surface area contributed by atoms with E-state index in [1.54, 1.807) is 0 Å². The van der Waals surface area contributed by atoms with Gasteiger partial charge in [-0.15, -0.1) is 0 Å². The molecule has 0 aromatic heterocycles. The van der Waals surface area contributed by atoms with Crippen LogP contribution in [-0.2, 0) is 27.8 Å². The highest BCUT2D eigenvalue weighted by atomic mass is 16.4. The average molecular weight is 599 g/mol. The third-order valence-electron chi connectivity index (χ3n) is 11.2. The second-order valence-electron chi connectivity index (χ2n) is 13.6. The maximum absolute atomic E-state index is 13.8. The lowest BCUT2D eigenvalue weighted by Gasteiger charge is -2.43. The quantitative estimate of drug-likeness (QED) is 0.191. The van der Waals surface area contributed by atoms with E-state index in [4.69, 9.17) is 0 Å². The number of carbonyl (C=O) groups is 2. The predicted molar refractivity (Wildman–Crippen MR) is 178 cm³/mol. The van der Waals surface area contributed by atoms with Crippen molar-refractivity contribution in [3.8, 4) is 11.1 Å². The minimum atomic E-state index is -1.27. The summed E-state index contributed by atoms with van der Waals surface area (Å²) < 4.78 is 0. The van der Waals surface area contributed by atoms with E-state index in [0.717, 1.165) is 59.1 Å². The number of rotatable bonds is 10. The molecule has 0 saturated heterocycles. The topological polar surface area (TPSA) is 74.6 Å². The van der Waals surface area contributed by atoms with Crippen molar-refractivity contribution in [3.05, 3.63) is 130 Å². The summed E-state index contributed by atoms with van der Waals surface area (Å²) in [6.07, 6.45) is 9.71. The fraction of sp³-hybridized carbons (Fsp3) is 0.366. The van der Waals surface area contributed by atoms with Crippen LogP contribution in [0.2, 0.25) is 0 Å². The maximum Gasteiger partial charge on any atom is 0.308 e. The fourth-order valence-electron chi connectivity index (χ4n) is 9.03. The van der Waals surface area contributed by atoms with Gasteiger partial charge >= 0.3 is 11.9 Å². The van der Waals surface area contributed by atoms with Gasteiger partial charge in [-0.25, -0.2) is 0 Å². The lowest BCUT2D eigenvalue weighted by Crippen LogP contribution is -2.50. The second-order valence-corrected chi connectivity index (χ2v) is 13.6. The molecule has 4 aromatic carbocycles. The number of carboxylic acids is 2. The normalized spacial score (nSPS) is 18.8. The number of benzene rings is 4. The highest BCUT2D eigenvalue weighted by Gasteiger charge is 2.58. The van der Waals surface area contributed by atoms with Crippen molar-refractivity contribution >= 4 is 11.9 Å². The maximum atomic E-state index is 13.8. The van der Waals surface area contributed by atoms with Crippen molar-refractivity contribution in [2.45, 2.75) is 81.5 Å². The van der Waals surface area contributed by atoms with Gasteiger partial charge in [0.1, 0.15) is 0 Å². The molecule has 4 aromatic rings. The fourth-order valence-corrected chi connectivity index (χ4v) is 9.03. The molecule has 45 heavy (non-hydrogen) atoms. The molecule has 7 rings (SSSR count). The van der Waals surface area contributed by atoms with Crippen LogP contribution >= 0.6 is 0 Å². The molecule has 4 heteroatoms. The first-order chi connectivity index (χ1) is 22.0. The van der Waals surface area contributed by atoms with Gasteiger partial charge in [-0.3, -0.25) is 9.59 Å². The zero-order valence-corrected chi connectivity index (χ0v) is 25.8. The largest absolute Gasteiger partial charge is 0.481 e. The van der Waals surface area contributed by atoms with Crippen LogP contribution in [0.25, 0.3) is 11.1 Å². The van der Waals surface area contributed by atoms with Crippen LogP contribution in [-0.4, -0.2) is 22.2 Å². The molecule has 0 amide bonds. The summed E-state index contributed by atoms with van der Waals surface area (Å²) in [5.74, 6) is -3.03. The Labute approximate surface area is 266 Å². The van der Waals surface area contributed by atoms with E-state index in [0.29, 0.717) is 11.8 Å². The lowest BCUT2D eigenvalue weighted by atomic mass is 9.57. The summed E-state index contributed by atoms with van der Waals surface area (Å²) in [5, 5.41) is 22.6. The zero-order valence-electron chi connectivity index (χ0n) is 25.8. The van der Waals surface area contributed by atoms with E-state index in [1.165, 1.54) is 36.8 Å². The number of fused-ring (bicyclic) bond motifs is 3. The smallest absolute Gasteiger partial charge is 0.308 e. The molecule has 2 atom stereocenters. The van der Waals surface area contributed by atoms with Crippen molar-refractivity contribution in [1.29, 1.82) is 0 Å². The monoisotopic (exact) mass is 598 g/mol. The van der Waals surface area contributed by atoms with Crippen LogP contribution in [0.3, 0.4) is 0 Å². The first-order valence-electron chi connectivity index (χ1n) is 16.8. The summed E-state index contributed by atoms with van der Waals surface area (Å²) >= 11 is 0. The van der Waals surface area contributed by atoms with Crippen LogP contribution in [0.1, 0.15) is 96.6 Å². The van der Waals surface area contributed by atoms with Crippen LogP contribution in [0.4, 0.5) is 0 Å². The molecular formula is C41H42O4. The molecule has 0 heterocycles. The molecule has 0 radical (unpaired) electrons. The van der Waals surface area contributed by atoms with Crippen molar-refractivity contribution in [2.24, 2.45) is 11.8 Å². The SMILES string of the molecule is O=C(O)C(Cc1ccccc1)C1(C(Cc2ccccc2)C(=O)O)c2cc(C3CCCC3)ccc2-c2ccc(C3CCCC3)cc21. The molecule has 2 unspecified atom stereocenters. The van der Waals surface area contributed by atoms with Crippen molar-refractivity contribution in [1.82, 2.24) is 0 Å². The van der Waals surface area contributed by atoms with Gasteiger partial charge in [0.15, 0.2) is 0 Å². The minimum absolute atomic E-state index is 0.245. The number of hydrogen-bond acceptors (Lipinski definition) is 2. The van der Waals surface area contributed by atoms with E-state index >= 15 is 0 Å². The van der Waals surface area contributed by atoms with Crippen LogP contribution in [0.15, 0.2) is 97.1 Å². The summed E-state index contributed by atoms with van der Waals surface area (Å²) in [6.45, 7) is 0. The van der Waals surface area contributed by atoms with Crippen molar-refractivity contribution in [3.63, 3.8) is 0 Å². The standard InChI is InChI=1S/C41H42O4/c42-39(43)37(23-27-11-3-1-4-12-27)41(38(40(44)45)24-28-13-5-2-6-14-28)35-25-31(29-15-7-8-16-29)19-21-33(35)34-22-20-32(26-36(34)41)30-17-9-10-18-30/h1-6,11-14,19-22,25-26,29-30,37-38H,7-10,15-18,23-24H2,(H,42,43)(H,44,45). The molecule has 2 N–H and O–H groups in total. The van der Waals surface area contributed by atoms with Crippen LogP contribution in [0.5, 0.6) is 0 Å². The molecule has 0 bridgehead atoms. The van der Waals surface area contributed by atoms with E-state index in [9.17, 15) is 19.8 Å². The Bertz CT molecular complexity index is 1550. The van der Waals surface area contributed by atoms with Gasteiger partial charge in [-0.05, 0) is 94.9 Å². The molecule has 230 valence electrons. The number of hydrogen-bond donors (Lipinski definition) is 2. The van der Waals surface area contributed by atoms with Crippen molar-refractivity contribution < 1.29 is 19.8 Å².